The molecule has 0 aromatic heterocycles. The van der Waals surface area contributed by atoms with Gasteiger partial charge in [0.05, 0.1) is 27.6 Å². The molecule has 0 rings (SSSR count). The maximum absolute atomic E-state index is 10.7. The lowest BCUT2D eigenvalue weighted by atomic mass is 10.2. The van der Waals surface area contributed by atoms with Gasteiger partial charge in [-0.05, 0) is 0 Å². The topological polar surface area (TPSA) is 158 Å². The molecule has 0 bridgehead atoms. The molecule has 0 aromatic rings. The predicted octanol–water partition coefficient (Wildman–Crippen LogP) is -1.73. The van der Waals surface area contributed by atoms with Crippen LogP contribution in [0.15, 0.2) is 0 Å². The van der Waals surface area contributed by atoms with E-state index in [1.54, 1.807) is 0 Å². The van der Waals surface area contributed by atoms with Gasteiger partial charge in [0.25, 0.3) is 0 Å². The second-order valence-corrected chi connectivity index (χ2v) is 5.90. The number of nitrogens with zero attached hydrogens (tertiary/aromatic N) is 1. The van der Waals surface area contributed by atoms with Crippen molar-refractivity contribution in [3.8, 4) is 0 Å². The Kier molecular flexibility index (Phi) is 11.0. The predicted molar refractivity (Wildman–Crippen MR) is 77.6 cm³/mol. The molecule has 2 N–H and O–H groups in total. The number of Topliss-reactive ketones (excluding diaryl/α,β-unsaturated/α-hetero) is 1. The van der Waals surface area contributed by atoms with Gasteiger partial charge in [0.2, 0.25) is 5.78 Å². The van der Waals surface area contributed by atoms with Gasteiger partial charge >= 0.3 is 17.9 Å². The normalized spacial score (nSPS) is 11.5. The lowest BCUT2D eigenvalue weighted by Gasteiger charge is -2.28. The number of quaternary nitrogens is 1. The number of esters is 1. The Balaban J connectivity index is 0. The van der Waals surface area contributed by atoms with Crippen LogP contribution in [0.25, 0.3) is 0 Å². The fourth-order valence-corrected chi connectivity index (χ4v) is 1.50. The average molecular weight is 349 g/mol. The molecular formula is C14H23NO9. The first-order chi connectivity index (χ1) is 10.7. The van der Waals surface area contributed by atoms with Crippen LogP contribution < -0.4 is 5.11 Å². The Morgan fingerprint density at radius 3 is 1.83 bits per heavy atom. The zero-order chi connectivity index (χ0) is 19.5. The van der Waals surface area contributed by atoms with Gasteiger partial charge in [-0.3, -0.25) is 14.4 Å². The second-order valence-electron chi connectivity index (χ2n) is 5.90. The summed E-state index contributed by atoms with van der Waals surface area (Å²) in [5.41, 5.74) is 0. The van der Waals surface area contributed by atoms with Crippen LogP contribution in [0.5, 0.6) is 0 Å². The summed E-state index contributed by atoms with van der Waals surface area (Å²) in [4.78, 5) is 50.8. The van der Waals surface area contributed by atoms with E-state index in [1.165, 1.54) is 6.92 Å². The van der Waals surface area contributed by atoms with Crippen LogP contribution in [0, 0.1) is 0 Å². The number of carbonyl (C=O) groups excluding carboxylic acids is 3. The molecule has 0 amide bonds. The quantitative estimate of drug-likeness (QED) is 0.280. The molecule has 138 valence electrons. The number of aliphatic carboxylic acids is 3. The number of rotatable bonds is 9. The standard InChI is InChI=1S/C9H17NO4.C5H6O5/c1-7(11)14-8(5-9(12)13)6-10(2,3)4;6-3(5(9)10)1-2-4(7)8/h8H,5-6H2,1-4H3;1-2H2,(H,7,8)(H,9,10). The number of carboxylic acids is 3. The number of hydrogen-bond donors (Lipinski definition) is 2. The highest BCUT2D eigenvalue weighted by Gasteiger charge is 2.20. The Labute approximate surface area is 139 Å². The zero-order valence-corrected chi connectivity index (χ0v) is 14.1. The van der Waals surface area contributed by atoms with Crippen molar-refractivity contribution in [3.05, 3.63) is 0 Å². The first kappa shape index (κ1) is 23.8. The summed E-state index contributed by atoms with van der Waals surface area (Å²) < 4.78 is 5.39. The number of ketones is 1. The first-order valence-electron chi connectivity index (χ1n) is 6.90. The third kappa shape index (κ3) is 17.6. The molecule has 0 spiro atoms. The maximum atomic E-state index is 10.7. The monoisotopic (exact) mass is 349 g/mol. The van der Waals surface area contributed by atoms with E-state index < -0.39 is 48.6 Å². The molecule has 0 aliphatic carbocycles. The van der Waals surface area contributed by atoms with Crippen LogP contribution in [-0.4, -0.2) is 78.1 Å². The lowest BCUT2D eigenvalue weighted by Crippen LogP contribution is -2.45. The zero-order valence-electron chi connectivity index (χ0n) is 14.1. The van der Waals surface area contributed by atoms with Crippen molar-refractivity contribution in [1.29, 1.82) is 0 Å². The number of carbonyl (C=O) groups is 5. The van der Waals surface area contributed by atoms with Crippen molar-refractivity contribution in [2.45, 2.75) is 32.3 Å². The smallest absolute Gasteiger partial charge is 0.372 e. The maximum Gasteiger partial charge on any atom is 0.372 e. The lowest BCUT2D eigenvalue weighted by molar-refractivity contribution is -0.873. The Hall–Kier alpha value is -2.49. The highest BCUT2D eigenvalue weighted by molar-refractivity contribution is 6.32. The molecule has 0 saturated carbocycles. The van der Waals surface area contributed by atoms with E-state index in [1.807, 2.05) is 21.1 Å². The summed E-state index contributed by atoms with van der Waals surface area (Å²) in [6, 6.07) is 0. The van der Waals surface area contributed by atoms with E-state index in [4.69, 9.17) is 14.9 Å². The van der Waals surface area contributed by atoms with Crippen molar-refractivity contribution < 1.29 is 48.5 Å². The van der Waals surface area contributed by atoms with Gasteiger partial charge in [-0.15, -0.1) is 0 Å². The highest BCUT2D eigenvalue weighted by atomic mass is 16.5. The van der Waals surface area contributed by atoms with E-state index in [0.29, 0.717) is 11.0 Å². The molecule has 0 heterocycles. The molecule has 0 radical (unpaired) electrons. The summed E-state index contributed by atoms with van der Waals surface area (Å²) in [5, 5.41) is 26.3. The van der Waals surface area contributed by atoms with Gasteiger partial charge in [0.15, 0.2) is 6.10 Å². The molecule has 0 aliphatic rings. The minimum Gasteiger partial charge on any atom is -0.550 e. The van der Waals surface area contributed by atoms with E-state index in [0.717, 1.165) is 0 Å². The van der Waals surface area contributed by atoms with Crippen molar-refractivity contribution in [1.82, 2.24) is 0 Å². The minimum atomic E-state index is -1.58. The van der Waals surface area contributed by atoms with Crippen LogP contribution in [0.2, 0.25) is 0 Å². The van der Waals surface area contributed by atoms with Gasteiger partial charge < -0.3 is 29.3 Å². The van der Waals surface area contributed by atoms with Crippen molar-refractivity contribution in [3.63, 3.8) is 0 Å². The van der Waals surface area contributed by atoms with Crippen molar-refractivity contribution in [2.75, 3.05) is 27.7 Å². The first-order valence-corrected chi connectivity index (χ1v) is 6.90. The summed E-state index contributed by atoms with van der Waals surface area (Å²) in [6.07, 6.45) is -1.73. The summed E-state index contributed by atoms with van der Waals surface area (Å²) in [7, 11) is 5.68. The third-order valence-electron chi connectivity index (χ3n) is 2.28. The molecule has 0 aliphatic heterocycles. The molecule has 10 heteroatoms. The fourth-order valence-electron chi connectivity index (χ4n) is 1.50. The van der Waals surface area contributed by atoms with Crippen LogP contribution in [0.3, 0.4) is 0 Å². The van der Waals surface area contributed by atoms with Gasteiger partial charge in [0.1, 0.15) is 6.54 Å². The molecule has 0 fully saturated rings. The third-order valence-corrected chi connectivity index (χ3v) is 2.28. The number of likely N-dealkylation sites (N-methyl/N-ethyl adjacent to an activating group) is 1. The van der Waals surface area contributed by atoms with Crippen LogP contribution in [0.1, 0.15) is 26.2 Å². The molecule has 10 nitrogen and oxygen atoms in total. The largest absolute Gasteiger partial charge is 0.550 e. The highest BCUT2D eigenvalue weighted by Crippen LogP contribution is 2.04. The molecular weight excluding hydrogens is 326 g/mol. The van der Waals surface area contributed by atoms with Crippen molar-refractivity contribution in [2.24, 2.45) is 0 Å². The average Bonchev–Trinajstić information content (AvgIpc) is 2.32. The van der Waals surface area contributed by atoms with Crippen LogP contribution in [0.4, 0.5) is 0 Å². The molecule has 0 aromatic carbocycles. The SMILES string of the molecule is CC(=O)OC(CC(=O)[O-])C[N+](C)(C)C.O=C(O)CCC(=O)C(=O)O. The van der Waals surface area contributed by atoms with Gasteiger partial charge in [-0.25, -0.2) is 4.79 Å². The van der Waals surface area contributed by atoms with Crippen molar-refractivity contribution >= 4 is 29.7 Å². The second kappa shape index (κ2) is 11.1. The summed E-state index contributed by atoms with van der Waals surface area (Å²) in [5.74, 6) is -5.49. The molecule has 24 heavy (non-hydrogen) atoms. The van der Waals surface area contributed by atoms with E-state index in [-0.39, 0.29) is 6.42 Å². The van der Waals surface area contributed by atoms with Gasteiger partial charge in [-0.1, -0.05) is 0 Å². The number of ether oxygens (including phenoxy) is 1. The van der Waals surface area contributed by atoms with Crippen LogP contribution >= 0.6 is 0 Å². The van der Waals surface area contributed by atoms with E-state index in [9.17, 15) is 29.1 Å². The Morgan fingerprint density at radius 1 is 1.04 bits per heavy atom. The van der Waals surface area contributed by atoms with E-state index >= 15 is 0 Å². The molecule has 1 unspecified atom stereocenters. The Bertz CT molecular complexity index is 463. The summed E-state index contributed by atoms with van der Waals surface area (Å²) >= 11 is 0. The minimum absolute atomic E-state index is 0.255. The van der Waals surface area contributed by atoms with Gasteiger partial charge in [0, 0.05) is 25.7 Å². The fraction of sp³-hybridized carbons (Fsp3) is 0.643. The molecule has 0 saturated heterocycles. The van der Waals surface area contributed by atoms with Crippen LogP contribution in [-0.2, 0) is 28.7 Å². The van der Waals surface area contributed by atoms with E-state index in [2.05, 4.69) is 0 Å². The van der Waals surface area contributed by atoms with Gasteiger partial charge in [-0.2, -0.15) is 0 Å². The summed E-state index contributed by atoms with van der Waals surface area (Å²) in [6.45, 7) is 1.71. The number of hydrogen-bond acceptors (Lipinski definition) is 7. The Morgan fingerprint density at radius 2 is 1.54 bits per heavy atom. The number of carboxylic acid groups (broad SMARTS) is 3. The molecule has 1 atom stereocenters.